The Morgan fingerprint density at radius 3 is 2.96 bits per heavy atom. The average Bonchev–Trinajstić information content (AvgIpc) is 3.14. The molecule has 0 aliphatic rings. The molecule has 0 saturated heterocycles. The van der Waals surface area contributed by atoms with E-state index in [1.165, 1.54) is 11.3 Å². The van der Waals surface area contributed by atoms with E-state index in [1.54, 1.807) is 12.4 Å². The fourth-order valence-corrected chi connectivity index (χ4v) is 3.15. The second kappa shape index (κ2) is 7.16. The molecule has 2 amide bonds. The standard InChI is InChI=1S/C14H12BrN5OS2/c15-9-3-1-2-8(4-9)10-5-16-11(19-10)6-17-13(21)20-14-18-7-12(22)23-14/h1-5,7,22H,6H2,(H,16,19)(H2,17,18,20,21). The molecular weight excluding hydrogens is 398 g/mol. The first-order chi connectivity index (χ1) is 11.1. The molecule has 3 aromatic rings. The molecule has 9 heteroatoms. The Labute approximate surface area is 150 Å². The lowest BCUT2D eigenvalue weighted by atomic mass is 10.2. The van der Waals surface area contributed by atoms with Crippen molar-refractivity contribution < 1.29 is 4.79 Å². The number of anilines is 1. The maximum Gasteiger partial charge on any atom is 0.321 e. The summed E-state index contributed by atoms with van der Waals surface area (Å²) in [6, 6.07) is 7.55. The van der Waals surface area contributed by atoms with E-state index >= 15 is 0 Å². The first-order valence-electron chi connectivity index (χ1n) is 6.59. The number of aromatic amines is 1. The Hall–Kier alpha value is -1.84. The van der Waals surface area contributed by atoms with Crippen LogP contribution >= 0.6 is 39.9 Å². The molecule has 0 bridgehead atoms. The number of hydrogen-bond donors (Lipinski definition) is 4. The Morgan fingerprint density at radius 2 is 2.22 bits per heavy atom. The van der Waals surface area contributed by atoms with Crippen LogP contribution in [-0.2, 0) is 6.54 Å². The lowest BCUT2D eigenvalue weighted by Gasteiger charge is -2.03. The van der Waals surface area contributed by atoms with E-state index in [0.29, 0.717) is 17.5 Å². The van der Waals surface area contributed by atoms with Crippen LogP contribution in [0.5, 0.6) is 0 Å². The normalized spacial score (nSPS) is 10.5. The number of hydrogen-bond acceptors (Lipinski definition) is 5. The van der Waals surface area contributed by atoms with Gasteiger partial charge in [0.2, 0.25) is 0 Å². The SMILES string of the molecule is O=C(NCc1ncc(-c2cccc(Br)c2)[nH]1)Nc1ncc(S)s1. The number of nitrogens with zero attached hydrogens (tertiary/aromatic N) is 2. The van der Waals surface area contributed by atoms with E-state index in [-0.39, 0.29) is 6.03 Å². The number of urea groups is 1. The van der Waals surface area contributed by atoms with Crippen LogP contribution in [-0.4, -0.2) is 21.0 Å². The highest BCUT2D eigenvalue weighted by Gasteiger charge is 2.07. The van der Waals surface area contributed by atoms with Crippen molar-refractivity contribution in [3.05, 3.63) is 47.0 Å². The van der Waals surface area contributed by atoms with E-state index in [4.69, 9.17) is 0 Å². The average molecular weight is 410 g/mol. The summed E-state index contributed by atoms with van der Waals surface area (Å²) in [5.41, 5.74) is 1.91. The van der Waals surface area contributed by atoms with Gasteiger partial charge in [-0.1, -0.05) is 39.4 Å². The number of imidazole rings is 1. The van der Waals surface area contributed by atoms with E-state index in [0.717, 1.165) is 19.9 Å². The zero-order valence-corrected chi connectivity index (χ0v) is 15.0. The van der Waals surface area contributed by atoms with Gasteiger partial charge in [-0.15, -0.1) is 12.6 Å². The van der Waals surface area contributed by atoms with Crippen LogP contribution < -0.4 is 10.6 Å². The molecule has 3 N–H and O–H groups in total. The fraction of sp³-hybridized carbons (Fsp3) is 0.0714. The Bertz CT molecular complexity index is 832. The lowest BCUT2D eigenvalue weighted by Crippen LogP contribution is -2.28. The van der Waals surface area contributed by atoms with Gasteiger partial charge in [0, 0.05) is 10.0 Å². The smallest absolute Gasteiger partial charge is 0.321 e. The molecule has 0 saturated carbocycles. The molecule has 0 fully saturated rings. The number of amides is 2. The molecular formula is C14H12BrN5OS2. The van der Waals surface area contributed by atoms with E-state index < -0.39 is 0 Å². The van der Waals surface area contributed by atoms with Crippen LogP contribution in [0.1, 0.15) is 5.82 Å². The van der Waals surface area contributed by atoms with Crippen molar-refractivity contribution in [2.24, 2.45) is 0 Å². The monoisotopic (exact) mass is 409 g/mol. The zero-order chi connectivity index (χ0) is 16.2. The van der Waals surface area contributed by atoms with Crippen molar-refractivity contribution in [2.75, 3.05) is 5.32 Å². The summed E-state index contributed by atoms with van der Waals surface area (Å²) in [6.07, 6.45) is 3.32. The van der Waals surface area contributed by atoms with E-state index in [2.05, 4.69) is 54.1 Å². The van der Waals surface area contributed by atoms with Crippen LogP contribution in [0.25, 0.3) is 11.3 Å². The van der Waals surface area contributed by atoms with Crippen LogP contribution in [0.15, 0.2) is 45.3 Å². The van der Waals surface area contributed by atoms with Gasteiger partial charge >= 0.3 is 6.03 Å². The molecule has 0 radical (unpaired) electrons. The molecule has 0 spiro atoms. The van der Waals surface area contributed by atoms with E-state index in [1.807, 2.05) is 24.3 Å². The number of nitrogens with one attached hydrogen (secondary N) is 3. The Balaban J connectivity index is 1.58. The highest BCUT2D eigenvalue weighted by atomic mass is 79.9. The minimum absolute atomic E-state index is 0.291. The number of aromatic nitrogens is 3. The summed E-state index contributed by atoms with van der Waals surface area (Å²) in [6.45, 7) is 0.291. The predicted molar refractivity (Wildman–Crippen MR) is 96.9 cm³/mol. The molecule has 1 aromatic carbocycles. The van der Waals surface area contributed by atoms with Gasteiger partial charge in [0.1, 0.15) is 5.82 Å². The number of thiol groups is 1. The third-order valence-corrected chi connectivity index (χ3v) is 4.49. The lowest BCUT2D eigenvalue weighted by molar-refractivity contribution is 0.251. The van der Waals surface area contributed by atoms with Crippen molar-refractivity contribution in [1.29, 1.82) is 0 Å². The summed E-state index contributed by atoms with van der Waals surface area (Å²) in [5.74, 6) is 0.671. The van der Waals surface area contributed by atoms with Gasteiger partial charge in [0.15, 0.2) is 5.13 Å². The van der Waals surface area contributed by atoms with Gasteiger partial charge in [-0.05, 0) is 12.1 Å². The molecule has 6 nitrogen and oxygen atoms in total. The van der Waals surface area contributed by atoms with Gasteiger partial charge in [-0.2, -0.15) is 0 Å². The molecule has 0 aliphatic carbocycles. The Kier molecular flexibility index (Phi) is 4.99. The second-order valence-electron chi connectivity index (χ2n) is 4.57. The van der Waals surface area contributed by atoms with E-state index in [9.17, 15) is 4.79 Å². The highest BCUT2D eigenvalue weighted by Crippen LogP contribution is 2.22. The third kappa shape index (κ3) is 4.34. The molecule has 2 heterocycles. The minimum Gasteiger partial charge on any atom is -0.341 e. The van der Waals surface area contributed by atoms with Crippen LogP contribution in [0, 0.1) is 0 Å². The fourth-order valence-electron chi connectivity index (χ4n) is 1.88. The number of rotatable bonds is 4. The summed E-state index contributed by atoms with van der Waals surface area (Å²) in [4.78, 5) is 23.2. The van der Waals surface area contributed by atoms with Gasteiger partial charge in [0.05, 0.1) is 28.8 Å². The van der Waals surface area contributed by atoms with Crippen molar-refractivity contribution in [2.45, 2.75) is 10.8 Å². The maximum absolute atomic E-state index is 11.8. The number of H-pyrrole nitrogens is 1. The topological polar surface area (TPSA) is 82.7 Å². The maximum atomic E-state index is 11.8. The quantitative estimate of drug-likeness (QED) is 0.493. The molecule has 0 aliphatic heterocycles. The predicted octanol–water partition coefficient (Wildman–Crippen LogP) is 3.91. The van der Waals surface area contributed by atoms with Gasteiger partial charge in [-0.25, -0.2) is 14.8 Å². The summed E-state index contributed by atoms with van der Waals surface area (Å²) in [7, 11) is 0. The zero-order valence-electron chi connectivity index (χ0n) is 11.7. The van der Waals surface area contributed by atoms with Crippen molar-refractivity contribution in [3.8, 4) is 11.3 Å². The van der Waals surface area contributed by atoms with Gasteiger partial charge < -0.3 is 10.3 Å². The molecule has 118 valence electrons. The van der Waals surface area contributed by atoms with Gasteiger partial charge in [0.25, 0.3) is 0 Å². The minimum atomic E-state index is -0.340. The van der Waals surface area contributed by atoms with Crippen molar-refractivity contribution in [1.82, 2.24) is 20.3 Å². The molecule has 23 heavy (non-hydrogen) atoms. The summed E-state index contributed by atoms with van der Waals surface area (Å²) >= 11 is 8.88. The third-order valence-electron chi connectivity index (χ3n) is 2.89. The van der Waals surface area contributed by atoms with Crippen molar-refractivity contribution in [3.63, 3.8) is 0 Å². The first kappa shape index (κ1) is 16.0. The second-order valence-corrected chi connectivity index (χ2v) is 7.30. The highest BCUT2D eigenvalue weighted by molar-refractivity contribution is 9.10. The summed E-state index contributed by atoms with van der Waals surface area (Å²) < 4.78 is 1.74. The van der Waals surface area contributed by atoms with Crippen molar-refractivity contribution >= 4 is 51.1 Å². The van der Waals surface area contributed by atoms with Crippen LogP contribution in [0.4, 0.5) is 9.93 Å². The largest absolute Gasteiger partial charge is 0.341 e. The van der Waals surface area contributed by atoms with Gasteiger partial charge in [-0.3, -0.25) is 5.32 Å². The number of carbonyl (C=O) groups excluding carboxylic acids is 1. The molecule has 3 rings (SSSR count). The summed E-state index contributed by atoms with van der Waals surface area (Å²) in [5, 5.41) is 5.86. The number of thiazole rings is 1. The number of benzene rings is 1. The van der Waals surface area contributed by atoms with Crippen LogP contribution in [0.2, 0.25) is 0 Å². The van der Waals surface area contributed by atoms with Crippen LogP contribution in [0.3, 0.4) is 0 Å². The number of carbonyl (C=O) groups is 1. The number of halogens is 1. The Morgan fingerprint density at radius 1 is 1.35 bits per heavy atom. The first-order valence-corrected chi connectivity index (χ1v) is 8.65. The molecule has 0 unspecified atom stereocenters. The molecule has 2 aromatic heterocycles. The molecule has 0 atom stereocenters.